The fourth-order valence-corrected chi connectivity index (χ4v) is 4.30. The second-order valence-electron chi connectivity index (χ2n) is 5.35. The van der Waals surface area contributed by atoms with Crippen LogP contribution in [0.1, 0.15) is 5.56 Å². The number of rotatable bonds is 1. The Morgan fingerprint density at radius 3 is 2.91 bits per heavy atom. The summed E-state index contributed by atoms with van der Waals surface area (Å²) in [5, 5.41) is 1.37. The number of benzene rings is 2. The Morgan fingerprint density at radius 2 is 2.00 bits per heavy atom. The van der Waals surface area contributed by atoms with Crippen molar-refractivity contribution in [2.75, 3.05) is 17.2 Å². The smallest absolute Gasteiger partial charge is 0.227 e. The van der Waals surface area contributed by atoms with Gasteiger partial charge in [0.25, 0.3) is 0 Å². The van der Waals surface area contributed by atoms with E-state index in [2.05, 4.69) is 50.1 Å². The van der Waals surface area contributed by atoms with E-state index in [0.717, 1.165) is 34.2 Å². The first-order chi connectivity index (χ1) is 11.2. The second kappa shape index (κ2) is 6.30. The molecule has 4 rings (SSSR count). The summed E-state index contributed by atoms with van der Waals surface area (Å²) >= 11 is 11.7. The van der Waals surface area contributed by atoms with E-state index in [9.17, 15) is 0 Å². The number of aromatic nitrogens is 2. The minimum absolute atomic E-state index is 0.497. The van der Waals surface area contributed by atoms with Gasteiger partial charge in [0.15, 0.2) is 0 Å². The topological polar surface area (TPSA) is 29.0 Å². The van der Waals surface area contributed by atoms with Crippen molar-refractivity contribution in [3.8, 4) is 0 Å². The molecule has 2 heterocycles. The lowest BCUT2D eigenvalue weighted by atomic mass is 10.2. The Kier molecular flexibility index (Phi) is 4.18. The molecule has 116 valence electrons. The van der Waals surface area contributed by atoms with Crippen LogP contribution in [-0.2, 0) is 6.54 Å². The molecule has 0 aliphatic carbocycles. The predicted molar refractivity (Wildman–Crippen MR) is 100 cm³/mol. The minimum Gasteiger partial charge on any atom is -0.336 e. The molecule has 23 heavy (non-hydrogen) atoms. The van der Waals surface area contributed by atoms with Crippen molar-refractivity contribution in [2.45, 2.75) is 11.4 Å². The third-order valence-electron chi connectivity index (χ3n) is 3.83. The van der Waals surface area contributed by atoms with Crippen LogP contribution in [0.5, 0.6) is 0 Å². The summed E-state index contributed by atoms with van der Waals surface area (Å²) in [4.78, 5) is 12.8. The summed E-state index contributed by atoms with van der Waals surface area (Å²) in [6.45, 7) is 1.71. The van der Waals surface area contributed by atoms with Gasteiger partial charge in [-0.3, -0.25) is 0 Å². The van der Waals surface area contributed by atoms with Crippen molar-refractivity contribution in [3.63, 3.8) is 0 Å². The zero-order valence-corrected chi connectivity index (χ0v) is 15.3. The monoisotopic (exact) mass is 405 g/mol. The fourth-order valence-electron chi connectivity index (χ4n) is 2.69. The standard InChI is InChI=1S/C17H13BrClN3S/c18-12-5-6-14-13(9-12)16(19)21-17(20-14)22-7-8-23-15-4-2-1-3-11(15)10-22/h1-6,9H,7-8,10H2. The summed E-state index contributed by atoms with van der Waals surface area (Å²) in [5.74, 6) is 1.71. The number of anilines is 1. The van der Waals surface area contributed by atoms with E-state index in [1.807, 2.05) is 30.0 Å². The van der Waals surface area contributed by atoms with Gasteiger partial charge in [-0.15, -0.1) is 11.8 Å². The molecule has 0 bridgehead atoms. The highest BCUT2D eigenvalue weighted by atomic mass is 79.9. The maximum Gasteiger partial charge on any atom is 0.227 e. The molecule has 0 saturated carbocycles. The van der Waals surface area contributed by atoms with Gasteiger partial charge in [0.1, 0.15) is 5.15 Å². The van der Waals surface area contributed by atoms with Crippen LogP contribution in [0.15, 0.2) is 51.8 Å². The van der Waals surface area contributed by atoms with E-state index in [0.29, 0.717) is 11.1 Å². The van der Waals surface area contributed by atoms with Gasteiger partial charge in [0.05, 0.1) is 5.52 Å². The van der Waals surface area contributed by atoms with Gasteiger partial charge in [-0.1, -0.05) is 45.7 Å². The van der Waals surface area contributed by atoms with E-state index < -0.39 is 0 Å². The molecule has 6 heteroatoms. The first kappa shape index (κ1) is 15.2. The van der Waals surface area contributed by atoms with Crippen LogP contribution in [0, 0.1) is 0 Å². The molecule has 0 amide bonds. The number of thioether (sulfide) groups is 1. The quantitative estimate of drug-likeness (QED) is 0.522. The Labute approximate surface area is 152 Å². The van der Waals surface area contributed by atoms with Gasteiger partial charge in [-0.05, 0) is 29.8 Å². The zero-order chi connectivity index (χ0) is 15.8. The van der Waals surface area contributed by atoms with Crippen molar-refractivity contribution in [3.05, 3.63) is 57.7 Å². The first-order valence-electron chi connectivity index (χ1n) is 7.29. The Balaban J connectivity index is 1.75. The summed E-state index contributed by atoms with van der Waals surface area (Å²) in [6.07, 6.45) is 0. The van der Waals surface area contributed by atoms with Gasteiger partial charge in [-0.2, -0.15) is 0 Å². The molecular weight excluding hydrogens is 394 g/mol. The van der Waals surface area contributed by atoms with Crippen LogP contribution >= 0.6 is 39.3 Å². The molecule has 0 radical (unpaired) electrons. The lowest BCUT2D eigenvalue weighted by molar-refractivity contribution is 0.800. The van der Waals surface area contributed by atoms with Crippen molar-refractivity contribution in [2.24, 2.45) is 0 Å². The minimum atomic E-state index is 0.497. The van der Waals surface area contributed by atoms with Gasteiger partial charge < -0.3 is 4.90 Å². The van der Waals surface area contributed by atoms with E-state index >= 15 is 0 Å². The molecule has 2 aromatic carbocycles. The average molecular weight is 407 g/mol. The highest BCUT2D eigenvalue weighted by Gasteiger charge is 2.18. The van der Waals surface area contributed by atoms with Crippen molar-refractivity contribution in [1.82, 2.24) is 9.97 Å². The molecular formula is C17H13BrClN3S. The third kappa shape index (κ3) is 3.05. The number of fused-ring (bicyclic) bond motifs is 2. The van der Waals surface area contributed by atoms with Crippen LogP contribution in [-0.4, -0.2) is 22.3 Å². The van der Waals surface area contributed by atoms with Crippen LogP contribution in [0.4, 0.5) is 5.95 Å². The van der Waals surface area contributed by atoms with Gasteiger partial charge in [0, 0.05) is 33.6 Å². The second-order valence-corrected chi connectivity index (χ2v) is 7.76. The predicted octanol–water partition coefficient (Wildman–Crippen LogP) is 5.16. The summed E-state index contributed by atoms with van der Waals surface area (Å²) in [5.41, 5.74) is 2.18. The Bertz CT molecular complexity index is 887. The Hall–Kier alpha value is -1.30. The van der Waals surface area contributed by atoms with Crippen LogP contribution < -0.4 is 4.90 Å². The van der Waals surface area contributed by atoms with Crippen molar-refractivity contribution in [1.29, 1.82) is 0 Å². The molecule has 3 aromatic rings. The number of hydrogen-bond acceptors (Lipinski definition) is 4. The van der Waals surface area contributed by atoms with Gasteiger partial charge >= 0.3 is 0 Å². The number of hydrogen-bond donors (Lipinski definition) is 0. The van der Waals surface area contributed by atoms with Crippen LogP contribution in [0.25, 0.3) is 10.9 Å². The third-order valence-corrected chi connectivity index (χ3v) is 5.71. The lowest BCUT2D eigenvalue weighted by Crippen LogP contribution is -2.26. The van der Waals surface area contributed by atoms with Crippen LogP contribution in [0.3, 0.4) is 0 Å². The fraction of sp³-hybridized carbons (Fsp3) is 0.176. The molecule has 0 spiro atoms. The lowest BCUT2D eigenvalue weighted by Gasteiger charge is -2.21. The highest BCUT2D eigenvalue weighted by Crippen LogP contribution is 2.31. The van der Waals surface area contributed by atoms with E-state index in [-0.39, 0.29) is 0 Å². The molecule has 3 nitrogen and oxygen atoms in total. The van der Waals surface area contributed by atoms with Crippen molar-refractivity contribution >= 4 is 56.1 Å². The summed E-state index contributed by atoms with van der Waals surface area (Å²) < 4.78 is 0.975. The maximum absolute atomic E-state index is 6.39. The molecule has 0 saturated heterocycles. The molecule has 0 fully saturated rings. The van der Waals surface area contributed by atoms with E-state index in [1.165, 1.54) is 10.5 Å². The van der Waals surface area contributed by atoms with Crippen molar-refractivity contribution < 1.29 is 0 Å². The molecule has 1 aliphatic heterocycles. The summed E-state index contributed by atoms with van der Waals surface area (Å²) in [7, 11) is 0. The SMILES string of the molecule is Clc1nc(N2CCSc3ccccc3C2)nc2ccc(Br)cc12. The maximum atomic E-state index is 6.39. The first-order valence-corrected chi connectivity index (χ1v) is 9.45. The molecule has 1 aliphatic rings. The van der Waals surface area contributed by atoms with Gasteiger partial charge in [-0.25, -0.2) is 9.97 Å². The normalized spacial score (nSPS) is 14.6. The average Bonchev–Trinajstić information content (AvgIpc) is 2.77. The molecule has 0 atom stereocenters. The van der Waals surface area contributed by atoms with Crippen LogP contribution in [0.2, 0.25) is 5.15 Å². The Morgan fingerprint density at radius 1 is 1.13 bits per heavy atom. The number of halogens is 2. The molecule has 0 N–H and O–H groups in total. The zero-order valence-electron chi connectivity index (χ0n) is 12.2. The highest BCUT2D eigenvalue weighted by molar-refractivity contribution is 9.10. The van der Waals surface area contributed by atoms with Gasteiger partial charge in [0.2, 0.25) is 5.95 Å². The molecule has 0 unspecified atom stereocenters. The molecule has 1 aromatic heterocycles. The number of nitrogens with zero attached hydrogens (tertiary/aromatic N) is 3. The van der Waals surface area contributed by atoms with E-state index in [1.54, 1.807) is 0 Å². The largest absolute Gasteiger partial charge is 0.336 e. The summed E-state index contributed by atoms with van der Waals surface area (Å²) in [6, 6.07) is 14.4. The van der Waals surface area contributed by atoms with E-state index in [4.69, 9.17) is 16.6 Å².